The Balaban J connectivity index is 2.48. The normalized spacial score (nSPS) is 19.6. The molecule has 0 amide bonds. The fourth-order valence-electron chi connectivity index (χ4n) is 2.80. The third kappa shape index (κ3) is 2.83. The fraction of sp³-hybridized carbons (Fsp3) is 0.588. The SMILES string of the molecule is CC(C)(C)c1ccccc1N1CC(=O)CCC1(C)C. The zero-order chi connectivity index (χ0) is 14.3. The Morgan fingerprint density at radius 1 is 1.16 bits per heavy atom. The number of para-hydroxylation sites is 1. The van der Waals surface area contributed by atoms with Gasteiger partial charge >= 0.3 is 0 Å². The fourth-order valence-corrected chi connectivity index (χ4v) is 2.80. The summed E-state index contributed by atoms with van der Waals surface area (Å²) >= 11 is 0. The highest BCUT2D eigenvalue weighted by molar-refractivity contribution is 5.86. The second-order valence-corrected chi connectivity index (χ2v) is 7.20. The number of piperidine rings is 1. The lowest BCUT2D eigenvalue weighted by Gasteiger charge is -2.45. The number of carbonyl (C=O) groups excluding carboxylic acids is 1. The first-order chi connectivity index (χ1) is 8.72. The number of benzene rings is 1. The number of nitrogens with zero attached hydrogens (tertiary/aromatic N) is 1. The first kappa shape index (κ1) is 14.1. The first-order valence-corrected chi connectivity index (χ1v) is 7.11. The Kier molecular flexibility index (Phi) is 3.46. The van der Waals surface area contributed by atoms with Gasteiger partial charge in [-0.15, -0.1) is 0 Å². The van der Waals surface area contributed by atoms with E-state index < -0.39 is 0 Å². The lowest BCUT2D eigenvalue weighted by Crippen LogP contribution is -2.51. The summed E-state index contributed by atoms with van der Waals surface area (Å²) in [6, 6.07) is 8.49. The van der Waals surface area contributed by atoms with E-state index in [1.807, 2.05) is 0 Å². The van der Waals surface area contributed by atoms with Crippen LogP contribution < -0.4 is 4.90 Å². The van der Waals surface area contributed by atoms with Crippen LogP contribution in [0.5, 0.6) is 0 Å². The topological polar surface area (TPSA) is 20.3 Å². The van der Waals surface area contributed by atoms with E-state index in [0.717, 1.165) is 6.42 Å². The Bertz CT molecular complexity index is 482. The van der Waals surface area contributed by atoms with Crippen LogP contribution in [0, 0.1) is 0 Å². The lowest BCUT2D eigenvalue weighted by molar-refractivity contribution is -0.119. The number of Topliss-reactive ketones (excluding diaryl/α,β-unsaturated/α-hetero) is 1. The first-order valence-electron chi connectivity index (χ1n) is 7.11. The monoisotopic (exact) mass is 259 g/mol. The van der Waals surface area contributed by atoms with Crippen molar-refractivity contribution in [2.24, 2.45) is 0 Å². The maximum atomic E-state index is 11.9. The molecular formula is C17H25NO. The minimum atomic E-state index is 0.0509. The molecule has 2 rings (SSSR count). The van der Waals surface area contributed by atoms with Gasteiger partial charge in [0.25, 0.3) is 0 Å². The van der Waals surface area contributed by atoms with E-state index in [0.29, 0.717) is 18.7 Å². The van der Waals surface area contributed by atoms with E-state index in [4.69, 9.17) is 0 Å². The molecule has 1 aromatic carbocycles. The average Bonchev–Trinajstić information content (AvgIpc) is 2.31. The molecule has 1 aromatic rings. The van der Waals surface area contributed by atoms with Gasteiger partial charge < -0.3 is 4.90 Å². The number of hydrogen-bond donors (Lipinski definition) is 0. The summed E-state index contributed by atoms with van der Waals surface area (Å²) in [5.41, 5.74) is 2.67. The van der Waals surface area contributed by atoms with Gasteiger partial charge in [-0.25, -0.2) is 0 Å². The van der Waals surface area contributed by atoms with Gasteiger partial charge in [0.05, 0.1) is 6.54 Å². The highest BCUT2D eigenvalue weighted by atomic mass is 16.1. The van der Waals surface area contributed by atoms with Crippen molar-refractivity contribution >= 4 is 11.5 Å². The molecule has 0 spiro atoms. The molecule has 0 atom stereocenters. The van der Waals surface area contributed by atoms with E-state index in [2.05, 4.69) is 63.8 Å². The molecule has 1 fully saturated rings. The smallest absolute Gasteiger partial charge is 0.152 e. The van der Waals surface area contributed by atoms with Crippen molar-refractivity contribution in [3.63, 3.8) is 0 Å². The quantitative estimate of drug-likeness (QED) is 0.761. The van der Waals surface area contributed by atoms with Crippen LogP contribution in [0.3, 0.4) is 0 Å². The maximum Gasteiger partial charge on any atom is 0.152 e. The lowest BCUT2D eigenvalue weighted by atomic mass is 9.82. The second-order valence-electron chi connectivity index (χ2n) is 7.20. The van der Waals surface area contributed by atoms with Crippen molar-refractivity contribution in [1.29, 1.82) is 0 Å². The molecule has 1 aliphatic rings. The Morgan fingerprint density at radius 2 is 1.79 bits per heavy atom. The number of carbonyl (C=O) groups is 1. The standard InChI is InChI=1S/C17H25NO/c1-16(2,3)14-8-6-7-9-15(14)18-12-13(19)10-11-17(18,4)5/h6-9H,10-12H2,1-5H3. The summed E-state index contributed by atoms with van der Waals surface area (Å²) in [4.78, 5) is 14.1. The zero-order valence-corrected chi connectivity index (χ0v) is 12.8. The van der Waals surface area contributed by atoms with Crippen LogP contribution in [0.15, 0.2) is 24.3 Å². The summed E-state index contributed by atoms with van der Waals surface area (Å²) in [5.74, 6) is 0.350. The van der Waals surface area contributed by atoms with E-state index in [9.17, 15) is 4.79 Å². The molecule has 1 aliphatic heterocycles. The molecule has 0 N–H and O–H groups in total. The highest BCUT2D eigenvalue weighted by Gasteiger charge is 2.35. The summed E-state index contributed by atoms with van der Waals surface area (Å²) < 4.78 is 0. The molecule has 0 bridgehead atoms. The highest BCUT2D eigenvalue weighted by Crippen LogP contribution is 2.38. The van der Waals surface area contributed by atoms with Crippen molar-refractivity contribution in [2.75, 3.05) is 11.4 Å². The largest absolute Gasteiger partial charge is 0.359 e. The minimum absolute atomic E-state index is 0.0509. The summed E-state index contributed by atoms with van der Waals surface area (Å²) in [6.45, 7) is 11.7. The molecule has 0 aromatic heterocycles. The van der Waals surface area contributed by atoms with Gasteiger partial charge in [-0.3, -0.25) is 4.79 Å². The average molecular weight is 259 g/mol. The molecule has 0 radical (unpaired) electrons. The van der Waals surface area contributed by atoms with Gasteiger partial charge in [-0.1, -0.05) is 39.0 Å². The van der Waals surface area contributed by atoms with Crippen molar-refractivity contribution in [2.45, 2.75) is 58.4 Å². The number of anilines is 1. The third-order valence-corrected chi connectivity index (χ3v) is 4.08. The van der Waals surface area contributed by atoms with Gasteiger partial charge in [0.15, 0.2) is 5.78 Å². The number of rotatable bonds is 1. The van der Waals surface area contributed by atoms with E-state index in [1.165, 1.54) is 11.3 Å². The Labute approximate surface area is 116 Å². The van der Waals surface area contributed by atoms with Crippen LogP contribution in [0.4, 0.5) is 5.69 Å². The predicted molar refractivity (Wildman–Crippen MR) is 80.8 cm³/mol. The molecule has 0 unspecified atom stereocenters. The molecule has 2 heteroatoms. The van der Waals surface area contributed by atoms with Crippen molar-refractivity contribution < 1.29 is 4.79 Å². The molecule has 1 heterocycles. The van der Waals surface area contributed by atoms with Crippen LogP contribution in [0.2, 0.25) is 0 Å². The number of ketones is 1. The van der Waals surface area contributed by atoms with Crippen molar-refractivity contribution in [3.05, 3.63) is 29.8 Å². The van der Waals surface area contributed by atoms with Gasteiger partial charge in [-0.2, -0.15) is 0 Å². The molecule has 0 aliphatic carbocycles. The molecule has 104 valence electrons. The van der Waals surface area contributed by atoms with E-state index in [1.54, 1.807) is 0 Å². The van der Waals surface area contributed by atoms with Gasteiger partial charge in [0.2, 0.25) is 0 Å². The molecule has 1 saturated heterocycles. The summed E-state index contributed by atoms with van der Waals surface area (Å²) in [7, 11) is 0. The predicted octanol–water partition coefficient (Wildman–Crippen LogP) is 3.93. The van der Waals surface area contributed by atoms with Crippen LogP contribution >= 0.6 is 0 Å². The van der Waals surface area contributed by atoms with Gasteiger partial charge in [0.1, 0.15) is 0 Å². The number of hydrogen-bond acceptors (Lipinski definition) is 2. The van der Waals surface area contributed by atoms with Crippen LogP contribution in [0.25, 0.3) is 0 Å². The van der Waals surface area contributed by atoms with Crippen LogP contribution in [-0.2, 0) is 10.2 Å². The maximum absolute atomic E-state index is 11.9. The molecule has 19 heavy (non-hydrogen) atoms. The Hall–Kier alpha value is -1.31. The molecule has 2 nitrogen and oxygen atoms in total. The minimum Gasteiger partial charge on any atom is -0.359 e. The summed E-state index contributed by atoms with van der Waals surface area (Å²) in [6.07, 6.45) is 1.64. The van der Waals surface area contributed by atoms with Crippen molar-refractivity contribution in [3.8, 4) is 0 Å². The van der Waals surface area contributed by atoms with Gasteiger partial charge in [0, 0.05) is 17.6 Å². The van der Waals surface area contributed by atoms with E-state index in [-0.39, 0.29) is 11.0 Å². The van der Waals surface area contributed by atoms with Crippen LogP contribution in [-0.4, -0.2) is 17.9 Å². The van der Waals surface area contributed by atoms with Crippen LogP contribution in [0.1, 0.15) is 53.0 Å². The zero-order valence-electron chi connectivity index (χ0n) is 12.8. The van der Waals surface area contributed by atoms with Crippen molar-refractivity contribution in [1.82, 2.24) is 0 Å². The molecular weight excluding hydrogens is 234 g/mol. The summed E-state index contributed by atoms with van der Waals surface area (Å²) in [5, 5.41) is 0. The molecule has 0 saturated carbocycles. The Morgan fingerprint density at radius 3 is 2.42 bits per heavy atom. The van der Waals surface area contributed by atoms with E-state index >= 15 is 0 Å². The third-order valence-electron chi connectivity index (χ3n) is 4.08. The second kappa shape index (κ2) is 4.66. The van der Waals surface area contributed by atoms with Gasteiger partial charge in [-0.05, 0) is 37.3 Å².